The summed E-state index contributed by atoms with van der Waals surface area (Å²) in [7, 11) is -3.85. The first kappa shape index (κ1) is 24.5. The summed E-state index contributed by atoms with van der Waals surface area (Å²) in [5.41, 5.74) is 3.59. The fourth-order valence-electron chi connectivity index (χ4n) is 5.24. The van der Waals surface area contributed by atoms with Crippen LogP contribution in [0.25, 0.3) is 0 Å². The average Bonchev–Trinajstić information content (AvgIpc) is 2.81. The first-order valence-electron chi connectivity index (χ1n) is 12.1. The summed E-state index contributed by atoms with van der Waals surface area (Å²) in [6.07, 6.45) is 5.88. The highest BCUT2D eigenvalue weighted by Crippen LogP contribution is 2.30. The number of carbonyl (C=O) groups is 1. The Balaban J connectivity index is 1.52. The fourth-order valence-corrected chi connectivity index (χ4v) is 6.60. The average molecular weight is 486 g/mol. The number of sulfonamides is 1. The fraction of sp³-hybridized carbons (Fsp3) is 0.500. The molecule has 0 aliphatic carbocycles. The summed E-state index contributed by atoms with van der Waals surface area (Å²) in [6.45, 7) is 9.52. The van der Waals surface area contributed by atoms with Crippen molar-refractivity contribution in [2.24, 2.45) is 0 Å². The van der Waals surface area contributed by atoms with E-state index in [9.17, 15) is 18.3 Å². The third-order valence-electron chi connectivity index (χ3n) is 7.27. The van der Waals surface area contributed by atoms with Crippen LogP contribution in [0.2, 0.25) is 0 Å². The van der Waals surface area contributed by atoms with Gasteiger partial charge in [-0.25, -0.2) is 13.2 Å². The minimum Gasteiger partial charge on any atom is -0.478 e. The van der Waals surface area contributed by atoms with E-state index in [-0.39, 0.29) is 16.1 Å². The van der Waals surface area contributed by atoms with E-state index >= 15 is 0 Å². The topological polar surface area (TPSA) is 90.0 Å². The van der Waals surface area contributed by atoms with E-state index in [2.05, 4.69) is 14.5 Å². The first-order valence-corrected chi connectivity index (χ1v) is 13.6. The molecule has 0 unspecified atom stereocenters. The van der Waals surface area contributed by atoms with E-state index in [1.54, 1.807) is 25.1 Å². The molecule has 2 aliphatic heterocycles. The Labute approximate surface area is 202 Å². The second kappa shape index (κ2) is 9.96. The van der Waals surface area contributed by atoms with Crippen molar-refractivity contribution in [3.05, 3.63) is 52.6 Å². The molecule has 0 radical (unpaired) electrons. The lowest BCUT2D eigenvalue weighted by Crippen LogP contribution is -2.47. The highest BCUT2D eigenvalue weighted by Gasteiger charge is 2.28. The zero-order valence-corrected chi connectivity index (χ0v) is 21.1. The molecule has 2 heterocycles. The van der Waals surface area contributed by atoms with Crippen LogP contribution >= 0.6 is 0 Å². The van der Waals surface area contributed by atoms with Crippen LogP contribution in [0.1, 0.15) is 59.2 Å². The molecule has 7 nitrogen and oxygen atoms in total. The van der Waals surface area contributed by atoms with Gasteiger partial charge in [0.2, 0.25) is 0 Å². The lowest BCUT2D eigenvalue weighted by molar-refractivity contribution is 0.0697. The van der Waals surface area contributed by atoms with Crippen molar-refractivity contribution >= 4 is 27.4 Å². The molecule has 8 heteroatoms. The number of hydrogen-bond donors (Lipinski definition) is 2. The van der Waals surface area contributed by atoms with Gasteiger partial charge in [-0.05, 0) is 100 Å². The highest BCUT2D eigenvalue weighted by molar-refractivity contribution is 7.92. The largest absolute Gasteiger partial charge is 0.478 e. The van der Waals surface area contributed by atoms with E-state index in [0.29, 0.717) is 17.3 Å². The molecule has 0 spiro atoms. The van der Waals surface area contributed by atoms with Gasteiger partial charge in [0.15, 0.2) is 0 Å². The maximum atomic E-state index is 13.1. The molecule has 0 saturated carbocycles. The van der Waals surface area contributed by atoms with Crippen molar-refractivity contribution in [2.75, 3.05) is 35.8 Å². The molecule has 34 heavy (non-hydrogen) atoms. The van der Waals surface area contributed by atoms with Gasteiger partial charge in [-0.1, -0.05) is 12.5 Å². The van der Waals surface area contributed by atoms with Gasteiger partial charge in [0.25, 0.3) is 10.0 Å². The number of rotatable bonds is 6. The van der Waals surface area contributed by atoms with E-state index in [1.807, 2.05) is 19.9 Å². The van der Waals surface area contributed by atoms with Crippen molar-refractivity contribution in [3.63, 3.8) is 0 Å². The lowest BCUT2D eigenvalue weighted by atomic mass is 9.98. The molecular formula is C26H35N3O4S. The number of anilines is 2. The number of carboxylic acid groups (broad SMARTS) is 1. The predicted octanol–water partition coefficient (Wildman–Crippen LogP) is 4.57. The van der Waals surface area contributed by atoms with E-state index in [1.165, 1.54) is 38.4 Å². The van der Waals surface area contributed by atoms with Gasteiger partial charge in [-0.2, -0.15) is 0 Å². The van der Waals surface area contributed by atoms with Crippen molar-refractivity contribution in [1.82, 2.24) is 4.90 Å². The second-order valence-electron chi connectivity index (χ2n) is 9.66. The minimum atomic E-state index is -3.85. The van der Waals surface area contributed by atoms with E-state index in [4.69, 9.17) is 0 Å². The molecule has 184 valence electrons. The van der Waals surface area contributed by atoms with Crippen LogP contribution in [-0.4, -0.2) is 56.6 Å². The van der Waals surface area contributed by atoms with Crippen molar-refractivity contribution < 1.29 is 18.3 Å². The molecule has 4 rings (SSSR count). The first-order chi connectivity index (χ1) is 16.2. The van der Waals surface area contributed by atoms with Gasteiger partial charge in [0.05, 0.1) is 16.1 Å². The number of aromatic carboxylic acids is 1. The summed E-state index contributed by atoms with van der Waals surface area (Å²) >= 11 is 0. The summed E-state index contributed by atoms with van der Waals surface area (Å²) in [6, 6.07) is 8.90. The quantitative estimate of drug-likeness (QED) is 0.623. The molecule has 2 aromatic carbocycles. The number of piperidine rings is 2. The molecule has 0 aromatic heterocycles. The van der Waals surface area contributed by atoms with Gasteiger partial charge in [0.1, 0.15) is 0 Å². The third kappa shape index (κ3) is 5.23. The van der Waals surface area contributed by atoms with Gasteiger partial charge in [-0.3, -0.25) is 4.72 Å². The molecule has 2 aromatic rings. The minimum absolute atomic E-state index is 0.119. The number of benzene rings is 2. The van der Waals surface area contributed by atoms with Crippen LogP contribution in [0, 0.1) is 20.8 Å². The smallest absolute Gasteiger partial charge is 0.337 e. The Morgan fingerprint density at radius 1 is 0.912 bits per heavy atom. The summed E-state index contributed by atoms with van der Waals surface area (Å²) in [5.74, 6) is -1.06. The summed E-state index contributed by atoms with van der Waals surface area (Å²) < 4.78 is 28.7. The monoisotopic (exact) mass is 485 g/mol. The molecular weight excluding hydrogens is 450 g/mol. The number of nitrogens with one attached hydrogen (secondary N) is 1. The third-order valence-corrected chi connectivity index (χ3v) is 8.80. The normalized spacial score (nSPS) is 18.1. The van der Waals surface area contributed by atoms with Gasteiger partial charge < -0.3 is 14.9 Å². The Morgan fingerprint density at radius 3 is 2.21 bits per heavy atom. The molecule has 2 aliphatic rings. The molecule has 2 fully saturated rings. The summed E-state index contributed by atoms with van der Waals surface area (Å²) in [4.78, 5) is 17.0. The molecule has 0 atom stereocenters. The van der Waals surface area contributed by atoms with Crippen molar-refractivity contribution in [3.8, 4) is 0 Å². The van der Waals surface area contributed by atoms with Crippen molar-refractivity contribution in [1.29, 1.82) is 0 Å². The van der Waals surface area contributed by atoms with Crippen LogP contribution < -0.4 is 9.62 Å². The predicted molar refractivity (Wildman–Crippen MR) is 136 cm³/mol. The number of likely N-dealkylation sites (tertiary alicyclic amines) is 1. The SMILES string of the molecule is Cc1cc(C)c(S(=O)(=O)Nc2ccc(N3CCC(N4CCCCC4)CC3)c(C(=O)O)c2)cc1C. The van der Waals surface area contributed by atoms with Crippen LogP contribution in [-0.2, 0) is 10.0 Å². The molecule has 2 saturated heterocycles. The van der Waals surface area contributed by atoms with E-state index in [0.717, 1.165) is 37.1 Å². The molecule has 0 amide bonds. The Bertz CT molecular complexity index is 1160. The van der Waals surface area contributed by atoms with Gasteiger partial charge in [-0.15, -0.1) is 0 Å². The van der Waals surface area contributed by atoms with Crippen LogP contribution in [0.15, 0.2) is 35.2 Å². The Kier molecular flexibility index (Phi) is 7.19. The number of hydrogen-bond acceptors (Lipinski definition) is 5. The maximum Gasteiger partial charge on any atom is 0.337 e. The van der Waals surface area contributed by atoms with Crippen molar-refractivity contribution in [2.45, 2.75) is 63.8 Å². The molecule has 2 N–H and O–H groups in total. The van der Waals surface area contributed by atoms with Gasteiger partial charge in [0, 0.05) is 24.8 Å². The molecule has 0 bridgehead atoms. The number of carboxylic acids is 1. The second-order valence-corrected chi connectivity index (χ2v) is 11.3. The summed E-state index contributed by atoms with van der Waals surface area (Å²) in [5, 5.41) is 9.89. The van der Waals surface area contributed by atoms with Crippen LogP contribution in [0.5, 0.6) is 0 Å². The van der Waals surface area contributed by atoms with Gasteiger partial charge >= 0.3 is 5.97 Å². The van der Waals surface area contributed by atoms with Crippen LogP contribution in [0.3, 0.4) is 0 Å². The number of aryl methyl sites for hydroxylation is 3. The maximum absolute atomic E-state index is 13.1. The van der Waals surface area contributed by atoms with Crippen LogP contribution in [0.4, 0.5) is 11.4 Å². The Morgan fingerprint density at radius 2 is 1.56 bits per heavy atom. The standard InChI is InChI=1S/C26H35N3O4S/c1-18-15-20(3)25(16-19(18)2)34(32,33)27-21-7-8-24(23(17-21)26(30)31)29-13-9-22(10-14-29)28-11-5-4-6-12-28/h7-8,15-17,22,27H,4-6,9-14H2,1-3H3,(H,30,31). The number of nitrogens with zero attached hydrogens (tertiary/aromatic N) is 2. The highest BCUT2D eigenvalue weighted by atomic mass is 32.2. The Hall–Kier alpha value is -2.58. The lowest BCUT2D eigenvalue weighted by Gasteiger charge is -2.41. The zero-order chi connectivity index (χ0) is 24.5. The van der Waals surface area contributed by atoms with E-state index < -0.39 is 16.0 Å². The zero-order valence-electron chi connectivity index (χ0n) is 20.3.